The van der Waals surface area contributed by atoms with E-state index in [9.17, 15) is 13.2 Å². The zero-order chi connectivity index (χ0) is 14.9. The molecule has 0 saturated carbocycles. The summed E-state index contributed by atoms with van der Waals surface area (Å²) in [5.41, 5.74) is 0. The van der Waals surface area contributed by atoms with E-state index in [0.717, 1.165) is 0 Å². The van der Waals surface area contributed by atoms with E-state index < -0.39 is 10.0 Å². The van der Waals surface area contributed by atoms with Crippen LogP contribution < -0.4 is 0 Å². The molecule has 5 nitrogen and oxygen atoms in total. The predicted octanol–water partition coefficient (Wildman–Crippen LogP) is 2.40. The van der Waals surface area contributed by atoms with Crippen LogP contribution in [0.4, 0.5) is 0 Å². The Labute approximate surface area is 134 Å². The number of methoxy groups -OCH3 is 1. The van der Waals surface area contributed by atoms with Crippen molar-refractivity contribution in [2.24, 2.45) is 5.92 Å². The molecular formula is C12H13Br2NO4S. The lowest BCUT2D eigenvalue weighted by Gasteiger charge is -2.17. The number of hydrogen-bond donors (Lipinski definition) is 0. The maximum atomic E-state index is 12.6. The summed E-state index contributed by atoms with van der Waals surface area (Å²) in [4.78, 5) is 11.7. The van der Waals surface area contributed by atoms with Crippen LogP contribution in [0.15, 0.2) is 32.0 Å². The molecular weight excluding hydrogens is 414 g/mol. The fourth-order valence-corrected chi connectivity index (χ4v) is 5.08. The molecule has 0 radical (unpaired) electrons. The third kappa shape index (κ3) is 3.08. The highest BCUT2D eigenvalue weighted by Gasteiger charge is 2.37. The lowest BCUT2D eigenvalue weighted by Crippen LogP contribution is -2.30. The van der Waals surface area contributed by atoms with Crippen molar-refractivity contribution in [1.82, 2.24) is 4.31 Å². The molecule has 1 atom stereocenters. The Bertz CT molecular complexity index is 632. The van der Waals surface area contributed by atoms with E-state index in [4.69, 9.17) is 0 Å². The third-order valence-corrected chi connectivity index (χ3v) is 6.55. The fraction of sp³-hybridized carbons (Fsp3) is 0.417. The Morgan fingerprint density at radius 3 is 2.75 bits per heavy atom. The molecule has 0 spiro atoms. The average molecular weight is 427 g/mol. The standard InChI is InChI=1S/C12H13Br2NO4S/c1-19-12(16)8-4-5-15(7-8)20(17,18)11-6-9(13)2-3-10(11)14/h2-3,6,8H,4-5,7H2,1H3. The quantitative estimate of drug-likeness (QED) is 0.696. The average Bonchev–Trinajstić information content (AvgIpc) is 2.91. The van der Waals surface area contributed by atoms with Crippen LogP contribution in [0.3, 0.4) is 0 Å². The number of halogens is 2. The molecule has 1 aromatic rings. The molecule has 1 heterocycles. The van der Waals surface area contributed by atoms with E-state index in [1.54, 1.807) is 18.2 Å². The van der Waals surface area contributed by atoms with Gasteiger partial charge in [0.25, 0.3) is 0 Å². The molecule has 0 aromatic heterocycles. The summed E-state index contributed by atoms with van der Waals surface area (Å²) in [5.74, 6) is -0.753. The van der Waals surface area contributed by atoms with Crippen LogP contribution in [-0.4, -0.2) is 38.9 Å². The van der Waals surface area contributed by atoms with Gasteiger partial charge < -0.3 is 4.74 Å². The number of nitrogens with zero attached hydrogens (tertiary/aromatic N) is 1. The van der Waals surface area contributed by atoms with Crippen LogP contribution in [0, 0.1) is 5.92 Å². The first-order chi connectivity index (χ1) is 9.36. The molecule has 1 aliphatic rings. The highest BCUT2D eigenvalue weighted by Crippen LogP contribution is 2.31. The molecule has 0 amide bonds. The van der Waals surface area contributed by atoms with E-state index >= 15 is 0 Å². The van der Waals surface area contributed by atoms with E-state index in [-0.39, 0.29) is 23.3 Å². The minimum absolute atomic E-state index is 0.161. The number of ether oxygens (including phenoxy) is 1. The smallest absolute Gasteiger partial charge is 0.310 e. The molecule has 110 valence electrons. The second-order valence-electron chi connectivity index (χ2n) is 4.45. The van der Waals surface area contributed by atoms with Gasteiger partial charge in [0.15, 0.2) is 0 Å². The Hall–Kier alpha value is -0.440. The first-order valence-corrected chi connectivity index (χ1v) is 8.92. The largest absolute Gasteiger partial charge is 0.469 e. The van der Waals surface area contributed by atoms with Crippen molar-refractivity contribution < 1.29 is 17.9 Å². The molecule has 0 N–H and O–H groups in total. The zero-order valence-corrected chi connectivity index (χ0v) is 14.7. The van der Waals surface area contributed by atoms with Crippen molar-refractivity contribution in [3.8, 4) is 0 Å². The van der Waals surface area contributed by atoms with Crippen molar-refractivity contribution in [2.75, 3.05) is 20.2 Å². The molecule has 1 fully saturated rings. The van der Waals surface area contributed by atoms with Crippen molar-refractivity contribution in [2.45, 2.75) is 11.3 Å². The van der Waals surface area contributed by atoms with Crippen LogP contribution in [0.2, 0.25) is 0 Å². The Kier molecular flexibility index (Phi) is 4.88. The van der Waals surface area contributed by atoms with Gasteiger partial charge in [-0.25, -0.2) is 8.42 Å². The first-order valence-electron chi connectivity index (χ1n) is 5.89. The SMILES string of the molecule is COC(=O)C1CCN(S(=O)(=O)c2cc(Br)ccc2Br)C1. The molecule has 0 aliphatic carbocycles. The fourth-order valence-electron chi connectivity index (χ4n) is 2.12. The molecule has 1 aromatic carbocycles. The second-order valence-corrected chi connectivity index (χ2v) is 8.12. The van der Waals surface area contributed by atoms with E-state index in [1.807, 2.05) is 0 Å². The van der Waals surface area contributed by atoms with Gasteiger partial charge in [-0.3, -0.25) is 4.79 Å². The highest BCUT2D eigenvalue weighted by molar-refractivity contribution is 9.11. The number of benzene rings is 1. The molecule has 1 unspecified atom stereocenters. The minimum atomic E-state index is -3.62. The summed E-state index contributed by atoms with van der Waals surface area (Å²) >= 11 is 6.52. The van der Waals surface area contributed by atoms with Crippen LogP contribution in [0.5, 0.6) is 0 Å². The van der Waals surface area contributed by atoms with Crippen molar-refractivity contribution in [1.29, 1.82) is 0 Å². The van der Waals surface area contributed by atoms with Gasteiger partial charge in [0.1, 0.15) is 0 Å². The number of sulfonamides is 1. The number of esters is 1. The molecule has 1 aliphatic heterocycles. The number of rotatable bonds is 3. The Balaban J connectivity index is 2.28. The number of hydrogen-bond acceptors (Lipinski definition) is 4. The first kappa shape index (κ1) is 15.9. The minimum Gasteiger partial charge on any atom is -0.469 e. The number of carbonyl (C=O) groups excluding carboxylic acids is 1. The maximum absolute atomic E-state index is 12.6. The third-order valence-electron chi connectivity index (χ3n) is 3.20. The van der Waals surface area contributed by atoms with Gasteiger partial charge in [-0.2, -0.15) is 4.31 Å². The molecule has 0 bridgehead atoms. The van der Waals surface area contributed by atoms with Gasteiger partial charge in [0, 0.05) is 22.0 Å². The van der Waals surface area contributed by atoms with Gasteiger partial charge in [-0.05, 0) is 40.5 Å². The van der Waals surface area contributed by atoms with Crippen LogP contribution >= 0.6 is 31.9 Å². The monoisotopic (exact) mass is 425 g/mol. The predicted molar refractivity (Wildman–Crippen MR) is 80.7 cm³/mol. The van der Waals surface area contributed by atoms with Gasteiger partial charge in [0.05, 0.1) is 17.9 Å². The van der Waals surface area contributed by atoms with Crippen molar-refractivity contribution in [3.63, 3.8) is 0 Å². The molecule has 8 heteroatoms. The normalized spacial score (nSPS) is 20.1. The zero-order valence-electron chi connectivity index (χ0n) is 10.7. The summed E-state index contributed by atoms with van der Waals surface area (Å²) in [7, 11) is -2.31. The summed E-state index contributed by atoms with van der Waals surface area (Å²) in [6.07, 6.45) is 0.484. The van der Waals surface area contributed by atoms with Crippen LogP contribution in [-0.2, 0) is 19.6 Å². The lowest BCUT2D eigenvalue weighted by molar-refractivity contribution is -0.144. The topological polar surface area (TPSA) is 63.7 Å². The van der Waals surface area contributed by atoms with Crippen LogP contribution in [0.1, 0.15) is 6.42 Å². The highest BCUT2D eigenvalue weighted by atomic mass is 79.9. The summed E-state index contributed by atoms with van der Waals surface area (Å²) in [6.45, 7) is 0.481. The lowest BCUT2D eigenvalue weighted by atomic mass is 10.1. The van der Waals surface area contributed by atoms with Crippen molar-refractivity contribution in [3.05, 3.63) is 27.1 Å². The molecule has 20 heavy (non-hydrogen) atoms. The van der Waals surface area contributed by atoms with Gasteiger partial charge in [0.2, 0.25) is 10.0 Å². The molecule has 2 rings (SSSR count). The number of carbonyl (C=O) groups is 1. The van der Waals surface area contributed by atoms with E-state index in [1.165, 1.54) is 11.4 Å². The van der Waals surface area contributed by atoms with E-state index in [0.29, 0.717) is 21.9 Å². The van der Waals surface area contributed by atoms with Gasteiger partial charge in [-0.1, -0.05) is 15.9 Å². The van der Waals surface area contributed by atoms with E-state index in [2.05, 4.69) is 36.6 Å². The second kappa shape index (κ2) is 6.13. The summed E-state index contributed by atoms with van der Waals surface area (Å²) in [6, 6.07) is 4.97. The van der Waals surface area contributed by atoms with Crippen molar-refractivity contribution >= 4 is 47.9 Å². The maximum Gasteiger partial charge on any atom is 0.310 e. The molecule has 1 saturated heterocycles. The van der Waals surface area contributed by atoms with Gasteiger partial charge >= 0.3 is 5.97 Å². The Morgan fingerprint density at radius 2 is 2.10 bits per heavy atom. The summed E-state index contributed by atoms with van der Waals surface area (Å²) in [5, 5.41) is 0. The van der Waals surface area contributed by atoms with Gasteiger partial charge in [-0.15, -0.1) is 0 Å². The Morgan fingerprint density at radius 1 is 1.40 bits per heavy atom. The van der Waals surface area contributed by atoms with Crippen LogP contribution in [0.25, 0.3) is 0 Å². The summed E-state index contributed by atoms with van der Waals surface area (Å²) < 4.78 is 32.3.